The summed E-state index contributed by atoms with van der Waals surface area (Å²) >= 11 is 3.04. The first-order valence-corrected chi connectivity index (χ1v) is 10.8. The molecule has 3 heterocycles. The average Bonchev–Trinajstić information content (AvgIpc) is 2.89. The number of thiophene rings is 1. The van der Waals surface area contributed by atoms with E-state index in [1.54, 1.807) is 11.3 Å². The van der Waals surface area contributed by atoms with E-state index >= 15 is 0 Å². The van der Waals surface area contributed by atoms with Gasteiger partial charge in [-0.3, -0.25) is 9.59 Å². The molecule has 0 spiro atoms. The van der Waals surface area contributed by atoms with Crippen LogP contribution in [0.4, 0.5) is 0 Å². The second kappa shape index (κ2) is 9.41. The molecule has 150 valence electrons. The van der Waals surface area contributed by atoms with Crippen molar-refractivity contribution in [2.75, 3.05) is 13.1 Å². The molecular formula is C18H27ClN4O2S2. The lowest BCUT2D eigenvalue weighted by atomic mass is 9.95. The van der Waals surface area contributed by atoms with Crippen molar-refractivity contribution in [1.82, 2.24) is 20.6 Å². The number of piperidine rings is 1. The number of thioether (sulfide) groups is 1. The Morgan fingerprint density at radius 2 is 2.19 bits per heavy atom. The van der Waals surface area contributed by atoms with E-state index in [0.29, 0.717) is 22.9 Å². The lowest BCUT2D eigenvalue weighted by Gasteiger charge is -2.31. The fourth-order valence-electron chi connectivity index (χ4n) is 3.13. The second-order valence-corrected chi connectivity index (χ2v) is 9.55. The zero-order valence-electron chi connectivity index (χ0n) is 16.0. The SMILES string of the molecule is Cc1sc2nc(CSC(C)C(=O)NC3CNCCC3C)[nH]c(=O)c2c1C.Cl. The zero-order valence-corrected chi connectivity index (χ0v) is 18.5. The van der Waals surface area contributed by atoms with E-state index in [2.05, 4.69) is 27.5 Å². The van der Waals surface area contributed by atoms with Crippen LogP contribution in [0.3, 0.4) is 0 Å². The third-order valence-electron chi connectivity index (χ3n) is 5.08. The maximum Gasteiger partial charge on any atom is 0.259 e. The van der Waals surface area contributed by atoms with Gasteiger partial charge in [-0.2, -0.15) is 0 Å². The van der Waals surface area contributed by atoms with Crippen molar-refractivity contribution in [2.24, 2.45) is 5.92 Å². The van der Waals surface area contributed by atoms with Gasteiger partial charge in [0.1, 0.15) is 10.7 Å². The maximum atomic E-state index is 12.5. The summed E-state index contributed by atoms with van der Waals surface area (Å²) in [6, 6.07) is 0.186. The minimum Gasteiger partial charge on any atom is -0.351 e. The summed E-state index contributed by atoms with van der Waals surface area (Å²) in [7, 11) is 0. The number of H-pyrrole nitrogens is 1. The number of nitrogens with one attached hydrogen (secondary N) is 3. The molecule has 1 aliphatic heterocycles. The quantitative estimate of drug-likeness (QED) is 0.678. The molecule has 0 aromatic carbocycles. The van der Waals surface area contributed by atoms with Crippen LogP contribution >= 0.6 is 35.5 Å². The van der Waals surface area contributed by atoms with Crippen LogP contribution in [0.25, 0.3) is 10.2 Å². The number of rotatable bonds is 5. The minimum absolute atomic E-state index is 0. The van der Waals surface area contributed by atoms with E-state index in [-0.39, 0.29) is 35.2 Å². The standard InChI is InChI=1S/C18H26N4O2S2.ClH/c1-9-5-6-19-7-13(9)20-16(23)12(4)25-8-14-21-17(24)15-10(2)11(3)26-18(15)22-14;/h9,12-13,19H,5-8H2,1-4H3,(H,20,23)(H,21,22,24);1H. The Morgan fingerprint density at radius 1 is 1.44 bits per heavy atom. The molecule has 6 nitrogen and oxygen atoms in total. The highest BCUT2D eigenvalue weighted by molar-refractivity contribution is 7.99. The lowest BCUT2D eigenvalue weighted by molar-refractivity contribution is -0.121. The van der Waals surface area contributed by atoms with Gasteiger partial charge in [-0.15, -0.1) is 35.5 Å². The average molecular weight is 431 g/mol. The number of amides is 1. The summed E-state index contributed by atoms with van der Waals surface area (Å²) in [6.45, 7) is 9.87. The van der Waals surface area contributed by atoms with Gasteiger partial charge in [0.05, 0.1) is 16.4 Å². The Bertz CT molecular complexity index is 867. The Kier molecular flexibility index (Phi) is 7.73. The normalized spacial score (nSPS) is 20.9. The van der Waals surface area contributed by atoms with Gasteiger partial charge in [-0.05, 0) is 45.2 Å². The highest BCUT2D eigenvalue weighted by Crippen LogP contribution is 2.26. The number of fused-ring (bicyclic) bond motifs is 1. The summed E-state index contributed by atoms with van der Waals surface area (Å²) in [5.41, 5.74) is 0.910. The van der Waals surface area contributed by atoms with Crippen molar-refractivity contribution in [3.05, 3.63) is 26.6 Å². The number of aromatic nitrogens is 2. The summed E-state index contributed by atoms with van der Waals surface area (Å²) in [5, 5.41) is 6.96. The van der Waals surface area contributed by atoms with Crippen LogP contribution in [0.2, 0.25) is 0 Å². The van der Waals surface area contributed by atoms with Gasteiger partial charge in [0.25, 0.3) is 5.56 Å². The molecule has 2 aromatic rings. The second-order valence-electron chi connectivity index (χ2n) is 7.01. The predicted molar refractivity (Wildman–Crippen MR) is 116 cm³/mol. The van der Waals surface area contributed by atoms with Crippen LogP contribution < -0.4 is 16.2 Å². The summed E-state index contributed by atoms with van der Waals surface area (Å²) in [6.07, 6.45) is 1.08. The molecule has 3 atom stereocenters. The third-order valence-corrected chi connectivity index (χ3v) is 7.34. The monoisotopic (exact) mass is 430 g/mol. The number of hydrogen-bond donors (Lipinski definition) is 3. The molecule has 3 N–H and O–H groups in total. The van der Waals surface area contributed by atoms with Crippen LogP contribution in [0.1, 0.15) is 36.5 Å². The third kappa shape index (κ3) is 5.04. The van der Waals surface area contributed by atoms with E-state index in [1.807, 2.05) is 20.8 Å². The highest BCUT2D eigenvalue weighted by atomic mass is 35.5. The molecule has 0 bridgehead atoms. The number of halogens is 1. The first kappa shape index (κ1) is 22.2. The Hall–Kier alpha value is -1.09. The molecule has 0 radical (unpaired) electrons. The molecule has 1 fully saturated rings. The lowest BCUT2D eigenvalue weighted by Crippen LogP contribution is -2.51. The minimum atomic E-state index is -0.197. The van der Waals surface area contributed by atoms with Crippen LogP contribution in [0.15, 0.2) is 4.79 Å². The van der Waals surface area contributed by atoms with E-state index in [9.17, 15) is 9.59 Å². The maximum absolute atomic E-state index is 12.5. The molecule has 1 aliphatic rings. The van der Waals surface area contributed by atoms with Crippen molar-refractivity contribution in [3.63, 3.8) is 0 Å². The van der Waals surface area contributed by atoms with Crippen LogP contribution in [-0.2, 0) is 10.5 Å². The van der Waals surface area contributed by atoms with E-state index in [0.717, 1.165) is 34.8 Å². The number of carbonyl (C=O) groups is 1. The highest BCUT2D eigenvalue weighted by Gasteiger charge is 2.25. The smallest absolute Gasteiger partial charge is 0.259 e. The van der Waals surface area contributed by atoms with Gasteiger partial charge in [0.15, 0.2) is 0 Å². The van der Waals surface area contributed by atoms with Crippen molar-refractivity contribution < 1.29 is 4.79 Å². The molecule has 1 saturated heterocycles. The topological polar surface area (TPSA) is 86.9 Å². The first-order chi connectivity index (χ1) is 12.4. The largest absolute Gasteiger partial charge is 0.351 e. The van der Waals surface area contributed by atoms with Crippen molar-refractivity contribution >= 4 is 51.6 Å². The zero-order chi connectivity index (χ0) is 18.8. The number of aryl methyl sites for hydroxylation is 2. The van der Waals surface area contributed by atoms with E-state index in [4.69, 9.17) is 0 Å². The molecule has 0 aliphatic carbocycles. The number of aromatic amines is 1. The summed E-state index contributed by atoms with van der Waals surface area (Å²) in [4.78, 5) is 34.1. The van der Waals surface area contributed by atoms with Gasteiger partial charge >= 0.3 is 0 Å². The number of hydrogen-bond acceptors (Lipinski definition) is 6. The fraction of sp³-hybridized carbons (Fsp3) is 0.611. The van der Waals surface area contributed by atoms with Crippen molar-refractivity contribution in [3.8, 4) is 0 Å². The van der Waals surface area contributed by atoms with Crippen LogP contribution in [-0.4, -0.2) is 40.3 Å². The Balaban J connectivity index is 0.00000261. The summed E-state index contributed by atoms with van der Waals surface area (Å²) in [5.74, 6) is 1.67. The van der Waals surface area contributed by atoms with Gasteiger partial charge in [-0.1, -0.05) is 6.92 Å². The van der Waals surface area contributed by atoms with Gasteiger partial charge in [0, 0.05) is 17.5 Å². The Labute approximate surface area is 173 Å². The van der Waals surface area contributed by atoms with Crippen molar-refractivity contribution in [2.45, 2.75) is 51.2 Å². The molecule has 27 heavy (non-hydrogen) atoms. The summed E-state index contributed by atoms with van der Waals surface area (Å²) < 4.78 is 0. The number of nitrogens with zero attached hydrogens (tertiary/aromatic N) is 1. The first-order valence-electron chi connectivity index (χ1n) is 8.98. The molecule has 9 heteroatoms. The van der Waals surface area contributed by atoms with E-state index < -0.39 is 0 Å². The molecule has 0 saturated carbocycles. The predicted octanol–water partition coefficient (Wildman–Crippen LogP) is 2.76. The fourth-order valence-corrected chi connectivity index (χ4v) is 4.94. The van der Waals surface area contributed by atoms with Crippen LogP contribution in [0, 0.1) is 19.8 Å². The van der Waals surface area contributed by atoms with Gasteiger partial charge in [0.2, 0.25) is 5.91 Å². The molecule has 2 aromatic heterocycles. The van der Waals surface area contributed by atoms with Gasteiger partial charge in [-0.25, -0.2) is 4.98 Å². The molecular weight excluding hydrogens is 404 g/mol. The van der Waals surface area contributed by atoms with Crippen molar-refractivity contribution in [1.29, 1.82) is 0 Å². The molecule has 3 unspecified atom stereocenters. The molecule has 3 rings (SSSR count). The Morgan fingerprint density at radius 3 is 2.89 bits per heavy atom. The number of carbonyl (C=O) groups excluding carboxylic acids is 1. The molecule has 1 amide bonds. The van der Waals surface area contributed by atoms with Crippen LogP contribution in [0.5, 0.6) is 0 Å². The van der Waals surface area contributed by atoms with E-state index in [1.165, 1.54) is 11.8 Å². The van der Waals surface area contributed by atoms with Gasteiger partial charge < -0.3 is 15.6 Å².